The number of hydrogen-bond acceptors (Lipinski definition) is 2. The zero-order valence-electron chi connectivity index (χ0n) is 7.42. The Hall–Kier alpha value is -0.0500. The first kappa shape index (κ1) is 9.04. The van der Waals surface area contributed by atoms with Crippen molar-refractivity contribution in [3.8, 4) is 0 Å². The molecule has 0 aromatic heterocycles. The van der Waals surface area contributed by atoms with Gasteiger partial charge in [0.2, 0.25) is 0 Å². The molecule has 0 amide bonds. The van der Waals surface area contributed by atoms with Crippen LogP contribution in [0, 0.1) is 11.3 Å². The Morgan fingerprint density at radius 1 is 1.36 bits per heavy atom. The highest BCUT2D eigenvalue weighted by Crippen LogP contribution is 2.42. The summed E-state index contributed by atoms with van der Waals surface area (Å²) < 4.78 is 21.9. The quantitative estimate of drug-likeness (QED) is 0.638. The highest BCUT2D eigenvalue weighted by atomic mass is 32.2. The molecule has 0 spiro atoms. The lowest BCUT2D eigenvalue weighted by molar-refractivity contribution is 0.220. The van der Waals surface area contributed by atoms with Gasteiger partial charge < -0.3 is 0 Å². The first-order valence-electron chi connectivity index (χ1n) is 4.12. The summed E-state index contributed by atoms with van der Waals surface area (Å²) in [5.41, 5.74) is 0.110. The van der Waals surface area contributed by atoms with Gasteiger partial charge >= 0.3 is 0 Å². The van der Waals surface area contributed by atoms with E-state index in [1.54, 1.807) is 0 Å². The van der Waals surface area contributed by atoms with Gasteiger partial charge in [0, 0.05) is 5.41 Å². The lowest BCUT2D eigenvalue weighted by Gasteiger charge is -2.43. The Balaban J connectivity index is 2.72. The van der Waals surface area contributed by atoms with Gasteiger partial charge in [0.25, 0.3) is 0 Å². The lowest BCUT2D eigenvalue weighted by atomic mass is 9.78. The molecule has 1 aliphatic rings. The molecule has 0 atom stereocenters. The normalized spacial score (nSPS) is 26.5. The lowest BCUT2D eigenvalue weighted by Crippen LogP contribution is -2.51. The molecule has 0 unspecified atom stereocenters. The molecule has 0 N–H and O–H groups in total. The Morgan fingerprint density at radius 2 is 1.82 bits per heavy atom. The minimum atomic E-state index is -2.65. The molecule has 3 heteroatoms. The van der Waals surface area contributed by atoms with E-state index in [4.69, 9.17) is 0 Å². The second-order valence-electron chi connectivity index (χ2n) is 3.90. The fraction of sp³-hybridized carbons (Fsp3) is 1.00. The molecule has 1 aliphatic heterocycles. The van der Waals surface area contributed by atoms with E-state index in [-0.39, 0.29) is 5.41 Å². The standard InChI is InChI=1S/C8H16O2S/c1-4-8(7(2)3)5-11(9,10)6-8/h7H,4-6H2,1-3H3. The van der Waals surface area contributed by atoms with Gasteiger partial charge in [0.1, 0.15) is 0 Å². The van der Waals surface area contributed by atoms with Crippen molar-refractivity contribution < 1.29 is 8.42 Å². The molecule has 0 aliphatic carbocycles. The number of sulfone groups is 1. The second-order valence-corrected chi connectivity index (χ2v) is 5.97. The van der Waals surface area contributed by atoms with Crippen LogP contribution >= 0.6 is 0 Å². The molecule has 0 aromatic rings. The van der Waals surface area contributed by atoms with E-state index in [0.29, 0.717) is 17.4 Å². The van der Waals surface area contributed by atoms with Crippen molar-refractivity contribution in [1.29, 1.82) is 0 Å². The summed E-state index contributed by atoms with van der Waals surface area (Å²) >= 11 is 0. The van der Waals surface area contributed by atoms with Gasteiger partial charge in [0.05, 0.1) is 11.5 Å². The summed E-state index contributed by atoms with van der Waals surface area (Å²) in [4.78, 5) is 0. The summed E-state index contributed by atoms with van der Waals surface area (Å²) in [6, 6.07) is 0. The van der Waals surface area contributed by atoms with Gasteiger partial charge in [-0.2, -0.15) is 0 Å². The summed E-state index contributed by atoms with van der Waals surface area (Å²) in [7, 11) is -2.65. The average Bonchev–Trinajstić information content (AvgIpc) is 1.81. The van der Waals surface area contributed by atoms with Crippen molar-refractivity contribution in [3.63, 3.8) is 0 Å². The third-order valence-electron chi connectivity index (χ3n) is 2.94. The van der Waals surface area contributed by atoms with Crippen molar-refractivity contribution in [2.75, 3.05) is 11.5 Å². The molecule has 1 heterocycles. The largest absolute Gasteiger partial charge is 0.229 e. The second kappa shape index (κ2) is 2.47. The average molecular weight is 176 g/mol. The minimum absolute atomic E-state index is 0.110. The van der Waals surface area contributed by atoms with Crippen LogP contribution in [0.25, 0.3) is 0 Å². The Kier molecular flexibility index (Phi) is 2.03. The van der Waals surface area contributed by atoms with Crippen molar-refractivity contribution in [2.24, 2.45) is 11.3 Å². The van der Waals surface area contributed by atoms with Gasteiger partial charge in [-0.25, -0.2) is 8.42 Å². The third kappa shape index (κ3) is 1.43. The number of rotatable bonds is 2. The van der Waals surface area contributed by atoms with E-state index in [9.17, 15) is 8.42 Å². The van der Waals surface area contributed by atoms with E-state index in [2.05, 4.69) is 20.8 Å². The molecule has 66 valence electrons. The van der Waals surface area contributed by atoms with Gasteiger partial charge in [-0.05, 0) is 12.3 Å². The Bertz CT molecular complexity index is 227. The Labute approximate surface area is 68.9 Å². The Morgan fingerprint density at radius 3 is 1.91 bits per heavy atom. The van der Waals surface area contributed by atoms with Crippen molar-refractivity contribution in [2.45, 2.75) is 27.2 Å². The molecular weight excluding hydrogens is 160 g/mol. The van der Waals surface area contributed by atoms with Crippen LogP contribution in [0.5, 0.6) is 0 Å². The summed E-state index contributed by atoms with van der Waals surface area (Å²) in [5, 5.41) is 0. The van der Waals surface area contributed by atoms with E-state index in [0.717, 1.165) is 6.42 Å². The topological polar surface area (TPSA) is 34.1 Å². The molecule has 1 saturated heterocycles. The fourth-order valence-corrected chi connectivity index (χ4v) is 4.52. The van der Waals surface area contributed by atoms with Crippen LogP contribution < -0.4 is 0 Å². The van der Waals surface area contributed by atoms with Crippen LogP contribution in [0.2, 0.25) is 0 Å². The van der Waals surface area contributed by atoms with Crippen LogP contribution in [-0.4, -0.2) is 19.9 Å². The molecule has 0 bridgehead atoms. The zero-order valence-corrected chi connectivity index (χ0v) is 8.24. The van der Waals surface area contributed by atoms with Crippen LogP contribution in [0.1, 0.15) is 27.2 Å². The van der Waals surface area contributed by atoms with E-state index < -0.39 is 9.84 Å². The zero-order chi connectivity index (χ0) is 8.70. The van der Waals surface area contributed by atoms with Crippen molar-refractivity contribution in [3.05, 3.63) is 0 Å². The molecule has 0 saturated carbocycles. The SMILES string of the molecule is CCC1(C(C)C)CS(=O)(=O)C1. The van der Waals surface area contributed by atoms with Crippen LogP contribution in [-0.2, 0) is 9.84 Å². The predicted molar refractivity (Wildman–Crippen MR) is 46.2 cm³/mol. The monoisotopic (exact) mass is 176 g/mol. The van der Waals surface area contributed by atoms with Gasteiger partial charge in [0.15, 0.2) is 9.84 Å². The first-order valence-corrected chi connectivity index (χ1v) is 5.94. The summed E-state index contributed by atoms with van der Waals surface area (Å²) in [6.07, 6.45) is 0.990. The van der Waals surface area contributed by atoms with E-state index in [1.165, 1.54) is 0 Å². The fourth-order valence-electron chi connectivity index (χ4n) is 1.78. The van der Waals surface area contributed by atoms with Crippen LogP contribution in [0.3, 0.4) is 0 Å². The van der Waals surface area contributed by atoms with Gasteiger partial charge in [-0.15, -0.1) is 0 Å². The van der Waals surface area contributed by atoms with Gasteiger partial charge in [-0.3, -0.25) is 0 Å². The van der Waals surface area contributed by atoms with Crippen LogP contribution in [0.15, 0.2) is 0 Å². The predicted octanol–water partition coefficient (Wildman–Crippen LogP) is 1.47. The first-order chi connectivity index (χ1) is 4.92. The maximum absolute atomic E-state index is 11.0. The maximum atomic E-state index is 11.0. The molecule has 0 aromatic carbocycles. The highest BCUT2D eigenvalue weighted by Gasteiger charge is 2.48. The van der Waals surface area contributed by atoms with Crippen LogP contribution in [0.4, 0.5) is 0 Å². The van der Waals surface area contributed by atoms with Gasteiger partial charge in [-0.1, -0.05) is 20.8 Å². The summed E-state index contributed by atoms with van der Waals surface area (Å²) in [5.74, 6) is 1.32. The summed E-state index contributed by atoms with van der Waals surface area (Å²) in [6.45, 7) is 6.30. The smallest absolute Gasteiger partial charge is 0.151 e. The molecule has 1 rings (SSSR count). The molecular formula is C8H16O2S. The molecule has 2 nitrogen and oxygen atoms in total. The number of hydrogen-bond donors (Lipinski definition) is 0. The molecule has 0 radical (unpaired) electrons. The minimum Gasteiger partial charge on any atom is -0.229 e. The maximum Gasteiger partial charge on any atom is 0.151 e. The highest BCUT2D eigenvalue weighted by molar-refractivity contribution is 7.92. The molecule has 11 heavy (non-hydrogen) atoms. The molecule has 1 fully saturated rings. The van der Waals surface area contributed by atoms with Crippen molar-refractivity contribution in [1.82, 2.24) is 0 Å². The van der Waals surface area contributed by atoms with Crippen molar-refractivity contribution >= 4 is 9.84 Å². The van der Waals surface area contributed by atoms with E-state index >= 15 is 0 Å². The van der Waals surface area contributed by atoms with E-state index in [1.807, 2.05) is 0 Å². The third-order valence-corrected chi connectivity index (χ3v) is 4.97.